The molecule has 3 nitrogen and oxygen atoms in total. The van der Waals surface area contributed by atoms with Crippen LogP contribution in [0.1, 0.15) is 0 Å². The monoisotopic (exact) mass is 212 g/mol. The van der Waals surface area contributed by atoms with Gasteiger partial charge in [0, 0.05) is 0 Å². The SMILES string of the molecule is O=C(Nc1ncc(Cl)s1)C(F)F. The summed E-state index contributed by atoms with van der Waals surface area (Å²) in [5.41, 5.74) is 0. The average Bonchev–Trinajstić information content (AvgIpc) is 2.35. The number of halogens is 3. The molecular weight excluding hydrogens is 210 g/mol. The second-order valence-electron chi connectivity index (χ2n) is 1.76. The first-order valence-electron chi connectivity index (χ1n) is 2.80. The molecule has 1 aromatic heterocycles. The van der Waals surface area contributed by atoms with Crippen molar-refractivity contribution in [3.8, 4) is 0 Å². The number of carbonyl (C=O) groups excluding carboxylic acids is 1. The van der Waals surface area contributed by atoms with Crippen molar-refractivity contribution in [2.45, 2.75) is 6.43 Å². The minimum Gasteiger partial charge on any atom is -0.297 e. The van der Waals surface area contributed by atoms with Crippen molar-refractivity contribution in [3.63, 3.8) is 0 Å². The first-order chi connectivity index (χ1) is 5.59. The number of amides is 1. The Bertz CT molecular complexity index is 291. The van der Waals surface area contributed by atoms with Crippen molar-refractivity contribution in [2.75, 3.05) is 5.32 Å². The molecule has 0 saturated carbocycles. The summed E-state index contributed by atoms with van der Waals surface area (Å²) < 4.78 is 23.6. The Balaban J connectivity index is 2.58. The Hall–Kier alpha value is -0.750. The Kier molecular flexibility index (Phi) is 2.93. The summed E-state index contributed by atoms with van der Waals surface area (Å²) in [5, 5.41) is 1.97. The van der Waals surface area contributed by atoms with E-state index < -0.39 is 12.3 Å². The fourth-order valence-electron chi connectivity index (χ4n) is 0.472. The van der Waals surface area contributed by atoms with E-state index in [0.717, 1.165) is 11.3 Å². The first kappa shape index (κ1) is 9.34. The lowest BCUT2D eigenvalue weighted by atomic mass is 10.6. The minimum atomic E-state index is -3.03. The maximum Gasteiger partial charge on any atom is 0.315 e. The summed E-state index contributed by atoms with van der Waals surface area (Å²) in [6, 6.07) is 0. The van der Waals surface area contributed by atoms with Crippen LogP contribution in [0, 0.1) is 0 Å². The van der Waals surface area contributed by atoms with Gasteiger partial charge in [-0.25, -0.2) is 4.98 Å². The van der Waals surface area contributed by atoms with Crippen LogP contribution in [0.4, 0.5) is 13.9 Å². The van der Waals surface area contributed by atoms with Crippen LogP contribution < -0.4 is 5.32 Å². The van der Waals surface area contributed by atoms with E-state index in [1.54, 1.807) is 0 Å². The van der Waals surface area contributed by atoms with E-state index in [9.17, 15) is 13.6 Å². The van der Waals surface area contributed by atoms with E-state index in [2.05, 4.69) is 4.98 Å². The molecule has 1 aromatic rings. The van der Waals surface area contributed by atoms with Gasteiger partial charge in [-0.2, -0.15) is 8.78 Å². The van der Waals surface area contributed by atoms with Crippen LogP contribution in [-0.4, -0.2) is 17.3 Å². The first-order valence-corrected chi connectivity index (χ1v) is 3.99. The number of aromatic nitrogens is 1. The van der Waals surface area contributed by atoms with Crippen molar-refractivity contribution in [1.29, 1.82) is 0 Å². The van der Waals surface area contributed by atoms with Gasteiger partial charge in [-0.1, -0.05) is 22.9 Å². The quantitative estimate of drug-likeness (QED) is 0.815. The smallest absolute Gasteiger partial charge is 0.297 e. The Morgan fingerprint density at radius 2 is 2.42 bits per heavy atom. The third-order valence-electron chi connectivity index (χ3n) is 0.906. The van der Waals surface area contributed by atoms with Gasteiger partial charge in [0.2, 0.25) is 0 Å². The molecule has 1 N–H and O–H groups in total. The molecule has 0 bridgehead atoms. The van der Waals surface area contributed by atoms with E-state index in [-0.39, 0.29) is 5.13 Å². The van der Waals surface area contributed by atoms with Gasteiger partial charge < -0.3 is 0 Å². The number of rotatable bonds is 2. The molecule has 0 unspecified atom stereocenters. The van der Waals surface area contributed by atoms with Gasteiger partial charge in [0.05, 0.1) is 6.20 Å². The zero-order valence-electron chi connectivity index (χ0n) is 5.55. The highest BCUT2D eigenvalue weighted by Crippen LogP contribution is 2.22. The molecule has 1 rings (SSSR count). The van der Waals surface area contributed by atoms with Gasteiger partial charge in [0.1, 0.15) is 4.34 Å². The van der Waals surface area contributed by atoms with Crippen molar-refractivity contribution < 1.29 is 13.6 Å². The molecule has 0 fully saturated rings. The fourth-order valence-corrected chi connectivity index (χ4v) is 1.29. The van der Waals surface area contributed by atoms with Crippen LogP contribution in [0.3, 0.4) is 0 Å². The van der Waals surface area contributed by atoms with Gasteiger partial charge in [-0.15, -0.1) is 0 Å². The second kappa shape index (κ2) is 3.77. The number of hydrogen-bond acceptors (Lipinski definition) is 3. The lowest BCUT2D eigenvalue weighted by Crippen LogP contribution is -2.19. The molecule has 0 spiro atoms. The maximum atomic E-state index is 11.7. The normalized spacial score (nSPS) is 10.3. The molecule has 66 valence electrons. The highest BCUT2D eigenvalue weighted by molar-refractivity contribution is 7.19. The van der Waals surface area contributed by atoms with E-state index in [1.165, 1.54) is 6.20 Å². The fraction of sp³-hybridized carbons (Fsp3) is 0.200. The number of nitrogens with zero attached hydrogens (tertiary/aromatic N) is 1. The van der Waals surface area contributed by atoms with Gasteiger partial charge in [-0.3, -0.25) is 10.1 Å². The number of thiazole rings is 1. The molecule has 0 saturated heterocycles. The average molecular weight is 213 g/mol. The molecule has 1 amide bonds. The number of alkyl halides is 2. The third-order valence-corrected chi connectivity index (χ3v) is 1.94. The lowest BCUT2D eigenvalue weighted by molar-refractivity contribution is -0.126. The summed E-state index contributed by atoms with van der Waals surface area (Å²) in [4.78, 5) is 13.9. The molecule has 7 heteroatoms. The lowest BCUT2D eigenvalue weighted by Gasteiger charge is -1.97. The van der Waals surface area contributed by atoms with Gasteiger partial charge in [-0.05, 0) is 0 Å². The van der Waals surface area contributed by atoms with Crippen LogP contribution in [0.25, 0.3) is 0 Å². The van der Waals surface area contributed by atoms with Gasteiger partial charge >= 0.3 is 6.43 Å². The summed E-state index contributed by atoms with van der Waals surface area (Å²) >= 11 is 6.36. The summed E-state index contributed by atoms with van der Waals surface area (Å²) in [5.74, 6) is -1.37. The van der Waals surface area contributed by atoms with Crippen LogP contribution in [-0.2, 0) is 4.79 Å². The molecular formula is C5H3ClF2N2OS. The molecule has 0 aliphatic rings. The number of carbonyl (C=O) groups is 1. The summed E-state index contributed by atoms with van der Waals surface area (Å²) in [7, 11) is 0. The van der Waals surface area contributed by atoms with E-state index in [1.807, 2.05) is 5.32 Å². The Labute approximate surface area is 75.4 Å². The van der Waals surface area contributed by atoms with E-state index in [4.69, 9.17) is 11.6 Å². The Morgan fingerprint density at radius 3 is 2.83 bits per heavy atom. The largest absolute Gasteiger partial charge is 0.315 e. The van der Waals surface area contributed by atoms with Crippen molar-refractivity contribution in [2.24, 2.45) is 0 Å². The standard InChI is InChI=1S/C5H3ClF2N2OS/c6-2-1-9-5(12-2)10-4(11)3(7)8/h1,3H,(H,9,10,11). The topological polar surface area (TPSA) is 42.0 Å². The van der Waals surface area contributed by atoms with E-state index >= 15 is 0 Å². The molecule has 0 atom stereocenters. The van der Waals surface area contributed by atoms with Crippen molar-refractivity contribution in [3.05, 3.63) is 10.5 Å². The number of hydrogen-bond donors (Lipinski definition) is 1. The predicted molar refractivity (Wildman–Crippen MR) is 41.8 cm³/mol. The summed E-state index contributed by atoms with van der Waals surface area (Å²) in [6.07, 6.45) is -1.76. The third kappa shape index (κ3) is 2.38. The second-order valence-corrected chi connectivity index (χ2v) is 3.42. The highest BCUT2D eigenvalue weighted by atomic mass is 35.5. The van der Waals surface area contributed by atoms with Crippen LogP contribution in [0.15, 0.2) is 6.20 Å². The molecule has 0 aromatic carbocycles. The number of nitrogens with one attached hydrogen (secondary N) is 1. The molecule has 12 heavy (non-hydrogen) atoms. The van der Waals surface area contributed by atoms with Crippen molar-refractivity contribution in [1.82, 2.24) is 4.98 Å². The Morgan fingerprint density at radius 1 is 1.75 bits per heavy atom. The molecule has 0 aliphatic heterocycles. The number of anilines is 1. The van der Waals surface area contributed by atoms with Crippen molar-refractivity contribution >= 4 is 34.0 Å². The van der Waals surface area contributed by atoms with E-state index in [0.29, 0.717) is 4.34 Å². The molecule has 1 heterocycles. The van der Waals surface area contributed by atoms with Crippen LogP contribution in [0.5, 0.6) is 0 Å². The van der Waals surface area contributed by atoms with Crippen LogP contribution >= 0.6 is 22.9 Å². The summed E-state index contributed by atoms with van der Waals surface area (Å²) in [6.45, 7) is 0. The predicted octanol–water partition coefficient (Wildman–Crippen LogP) is 2.00. The maximum absolute atomic E-state index is 11.7. The van der Waals surface area contributed by atoms with Crippen LogP contribution in [0.2, 0.25) is 4.34 Å². The van der Waals surface area contributed by atoms with Gasteiger partial charge in [0.25, 0.3) is 5.91 Å². The minimum absolute atomic E-state index is 0.0744. The van der Waals surface area contributed by atoms with Gasteiger partial charge in [0.15, 0.2) is 5.13 Å². The zero-order valence-corrected chi connectivity index (χ0v) is 7.12. The molecule has 0 aliphatic carbocycles. The molecule has 0 radical (unpaired) electrons. The highest BCUT2D eigenvalue weighted by Gasteiger charge is 2.16. The zero-order chi connectivity index (χ0) is 9.14.